The van der Waals surface area contributed by atoms with Crippen molar-refractivity contribution in [3.8, 4) is 6.07 Å². The van der Waals surface area contributed by atoms with E-state index in [4.69, 9.17) is 0 Å². The third-order valence-corrected chi connectivity index (χ3v) is 4.65. The standard InChI is InChI=1S/C18H21N3/c1-18(9-5-2-6-10-18)13-21-17-14(11-19)12-20-16-8-4-3-7-15(16)17/h3-4,7-8,12H,2,5-6,9-10,13H2,1H3,(H,20,21). The van der Waals surface area contributed by atoms with Crippen LogP contribution in [0, 0.1) is 16.7 Å². The third-order valence-electron chi connectivity index (χ3n) is 4.65. The highest BCUT2D eigenvalue weighted by atomic mass is 14.9. The van der Waals surface area contributed by atoms with Gasteiger partial charge in [-0.1, -0.05) is 44.4 Å². The molecule has 0 bridgehead atoms. The van der Waals surface area contributed by atoms with Gasteiger partial charge in [0.2, 0.25) is 0 Å². The molecule has 0 aliphatic heterocycles. The van der Waals surface area contributed by atoms with Crippen LogP contribution in [-0.2, 0) is 0 Å². The molecule has 0 atom stereocenters. The third kappa shape index (κ3) is 2.85. The van der Waals surface area contributed by atoms with Gasteiger partial charge in [-0.15, -0.1) is 0 Å². The van der Waals surface area contributed by atoms with E-state index in [2.05, 4.69) is 23.3 Å². The van der Waals surface area contributed by atoms with E-state index in [1.54, 1.807) is 6.20 Å². The number of aromatic nitrogens is 1. The van der Waals surface area contributed by atoms with Gasteiger partial charge < -0.3 is 5.32 Å². The Labute approximate surface area is 126 Å². The van der Waals surface area contributed by atoms with Crippen LogP contribution in [0.3, 0.4) is 0 Å². The van der Waals surface area contributed by atoms with Crippen molar-refractivity contribution >= 4 is 16.6 Å². The van der Waals surface area contributed by atoms with Crippen molar-refractivity contribution in [2.75, 3.05) is 11.9 Å². The number of anilines is 1. The number of nitrogens with zero attached hydrogens (tertiary/aromatic N) is 2. The summed E-state index contributed by atoms with van der Waals surface area (Å²) in [6, 6.07) is 10.3. The summed E-state index contributed by atoms with van der Waals surface area (Å²) in [4.78, 5) is 4.36. The van der Waals surface area contributed by atoms with E-state index in [0.717, 1.165) is 23.1 Å². The zero-order chi connectivity index (χ0) is 14.7. The smallest absolute Gasteiger partial charge is 0.103 e. The molecule has 1 aromatic heterocycles. The lowest BCUT2D eigenvalue weighted by Gasteiger charge is -2.34. The number of nitriles is 1. The van der Waals surface area contributed by atoms with Crippen molar-refractivity contribution in [2.45, 2.75) is 39.0 Å². The van der Waals surface area contributed by atoms with Crippen molar-refractivity contribution in [3.63, 3.8) is 0 Å². The normalized spacial score (nSPS) is 17.3. The Bertz CT molecular complexity index is 678. The summed E-state index contributed by atoms with van der Waals surface area (Å²) in [7, 11) is 0. The number of fused-ring (bicyclic) bond motifs is 1. The molecule has 1 aliphatic carbocycles. The molecule has 21 heavy (non-hydrogen) atoms. The van der Waals surface area contributed by atoms with E-state index in [1.165, 1.54) is 32.1 Å². The SMILES string of the molecule is CC1(CNc2c(C#N)cnc3ccccc23)CCCCC1. The highest BCUT2D eigenvalue weighted by Gasteiger charge is 2.26. The fourth-order valence-corrected chi connectivity index (χ4v) is 3.30. The van der Waals surface area contributed by atoms with Crippen LogP contribution in [-0.4, -0.2) is 11.5 Å². The molecule has 0 saturated heterocycles. The van der Waals surface area contributed by atoms with Crippen molar-refractivity contribution in [1.82, 2.24) is 4.98 Å². The monoisotopic (exact) mass is 279 g/mol. The molecule has 1 heterocycles. The molecule has 108 valence electrons. The molecular weight excluding hydrogens is 258 g/mol. The average Bonchev–Trinajstić information content (AvgIpc) is 2.53. The highest BCUT2D eigenvalue weighted by molar-refractivity contribution is 5.93. The van der Waals surface area contributed by atoms with Gasteiger partial charge in [0.25, 0.3) is 0 Å². The van der Waals surface area contributed by atoms with Crippen LogP contribution in [0.2, 0.25) is 0 Å². The van der Waals surface area contributed by atoms with Crippen molar-refractivity contribution < 1.29 is 0 Å². The van der Waals surface area contributed by atoms with Crippen LogP contribution in [0.4, 0.5) is 5.69 Å². The summed E-state index contributed by atoms with van der Waals surface area (Å²) in [5.74, 6) is 0. The van der Waals surface area contributed by atoms with Gasteiger partial charge in [-0.2, -0.15) is 5.26 Å². The molecule has 0 amide bonds. The average molecular weight is 279 g/mol. The molecule has 0 radical (unpaired) electrons. The first kappa shape index (κ1) is 13.9. The van der Waals surface area contributed by atoms with Crippen LogP contribution < -0.4 is 5.32 Å². The molecule has 1 fully saturated rings. The van der Waals surface area contributed by atoms with E-state index in [9.17, 15) is 5.26 Å². The van der Waals surface area contributed by atoms with Crippen molar-refractivity contribution in [2.24, 2.45) is 5.41 Å². The summed E-state index contributed by atoms with van der Waals surface area (Å²) in [5.41, 5.74) is 2.85. The summed E-state index contributed by atoms with van der Waals surface area (Å²) < 4.78 is 0. The largest absolute Gasteiger partial charge is 0.383 e. The number of hydrogen-bond acceptors (Lipinski definition) is 3. The zero-order valence-corrected chi connectivity index (χ0v) is 12.5. The second-order valence-corrected chi connectivity index (χ2v) is 6.40. The van der Waals surface area contributed by atoms with Gasteiger partial charge in [-0.05, 0) is 24.3 Å². The summed E-state index contributed by atoms with van der Waals surface area (Å²) in [5, 5.41) is 13.9. The molecule has 1 saturated carbocycles. The summed E-state index contributed by atoms with van der Waals surface area (Å²) in [6.07, 6.45) is 8.21. The molecule has 3 rings (SSSR count). The number of pyridine rings is 1. The first-order valence-corrected chi connectivity index (χ1v) is 7.74. The maximum absolute atomic E-state index is 9.35. The number of nitrogens with one attached hydrogen (secondary N) is 1. The van der Waals surface area contributed by atoms with Crippen LogP contribution in [0.5, 0.6) is 0 Å². The first-order valence-electron chi connectivity index (χ1n) is 7.74. The lowest BCUT2D eigenvalue weighted by molar-refractivity contribution is 0.233. The summed E-state index contributed by atoms with van der Waals surface area (Å²) >= 11 is 0. The molecule has 1 N–H and O–H groups in total. The van der Waals surface area contributed by atoms with E-state index < -0.39 is 0 Å². The van der Waals surface area contributed by atoms with E-state index in [1.807, 2.05) is 24.3 Å². The Morgan fingerprint density at radius 2 is 2.00 bits per heavy atom. The maximum atomic E-state index is 9.35. The minimum Gasteiger partial charge on any atom is -0.383 e. The topological polar surface area (TPSA) is 48.7 Å². The Morgan fingerprint density at radius 3 is 2.76 bits per heavy atom. The van der Waals surface area contributed by atoms with Gasteiger partial charge in [0.1, 0.15) is 6.07 Å². The van der Waals surface area contributed by atoms with Gasteiger partial charge in [0.15, 0.2) is 0 Å². The van der Waals surface area contributed by atoms with Crippen molar-refractivity contribution in [3.05, 3.63) is 36.0 Å². The molecule has 1 aliphatic rings. The zero-order valence-electron chi connectivity index (χ0n) is 12.5. The number of benzene rings is 1. The van der Waals surface area contributed by atoms with E-state index in [0.29, 0.717) is 11.0 Å². The molecule has 1 aromatic carbocycles. The minimum atomic E-state index is 0.343. The Morgan fingerprint density at radius 1 is 1.24 bits per heavy atom. The quantitative estimate of drug-likeness (QED) is 0.900. The van der Waals surface area contributed by atoms with Crippen LogP contribution in [0.1, 0.15) is 44.6 Å². The van der Waals surface area contributed by atoms with E-state index >= 15 is 0 Å². The molecule has 3 heteroatoms. The van der Waals surface area contributed by atoms with Gasteiger partial charge in [0, 0.05) is 18.1 Å². The second kappa shape index (κ2) is 5.73. The Kier molecular flexibility index (Phi) is 3.79. The number of para-hydroxylation sites is 1. The molecule has 3 nitrogen and oxygen atoms in total. The molecule has 2 aromatic rings. The Balaban J connectivity index is 1.90. The van der Waals surface area contributed by atoms with Crippen LogP contribution >= 0.6 is 0 Å². The lowest BCUT2D eigenvalue weighted by Crippen LogP contribution is -2.29. The second-order valence-electron chi connectivity index (χ2n) is 6.40. The van der Waals surface area contributed by atoms with Crippen molar-refractivity contribution in [1.29, 1.82) is 5.26 Å². The molecule has 0 spiro atoms. The van der Waals surface area contributed by atoms with Gasteiger partial charge in [-0.25, -0.2) is 0 Å². The predicted octanol–water partition coefficient (Wildman–Crippen LogP) is 4.49. The number of hydrogen-bond donors (Lipinski definition) is 1. The Hall–Kier alpha value is -2.08. The summed E-state index contributed by atoms with van der Waals surface area (Å²) in [6.45, 7) is 3.28. The predicted molar refractivity (Wildman–Crippen MR) is 86.1 cm³/mol. The minimum absolute atomic E-state index is 0.343. The maximum Gasteiger partial charge on any atom is 0.103 e. The van der Waals surface area contributed by atoms with Crippen LogP contribution in [0.25, 0.3) is 10.9 Å². The number of rotatable bonds is 3. The van der Waals surface area contributed by atoms with Gasteiger partial charge in [0.05, 0.1) is 16.8 Å². The highest BCUT2D eigenvalue weighted by Crippen LogP contribution is 2.36. The lowest BCUT2D eigenvalue weighted by atomic mass is 9.75. The van der Waals surface area contributed by atoms with Gasteiger partial charge >= 0.3 is 0 Å². The van der Waals surface area contributed by atoms with E-state index in [-0.39, 0.29) is 0 Å². The van der Waals surface area contributed by atoms with Gasteiger partial charge in [-0.3, -0.25) is 4.98 Å². The fraction of sp³-hybridized carbons (Fsp3) is 0.444. The first-order chi connectivity index (χ1) is 10.2. The molecular formula is C18H21N3. The van der Waals surface area contributed by atoms with Crippen LogP contribution in [0.15, 0.2) is 30.5 Å². The fourth-order valence-electron chi connectivity index (χ4n) is 3.30. The molecule has 0 unspecified atom stereocenters.